The molecule has 1 atom stereocenters. The molecule has 420 valence electrons. The van der Waals surface area contributed by atoms with Crippen molar-refractivity contribution in [2.24, 2.45) is 0 Å². The Balaban J connectivity index is 0.00000174. The number of allylic oxidation sites excluding steroid dienone is 37. The number of terminal acetylenes is 1. The van der Waals surface area contributed by atoms with Gasteiger partial charge in [0.15, 0.2) is 5.82 Å². The fourth-order valence-electron chi connectivity index (χ4n) is 11.1. The van der Waals surface area contributed by atoms with Crippen LogP contribution < -0.4 is 4.90 Å². The minimum atomic E-state index is -0.244. The van der Waals surface area contributed by atoms with Gasteiger partial charge in [0.2, 0.25) is 0 Å². The number of fused-ring (bicyclic) bond motifs is 2. The van der Waals surface area contributed by atoms with Gasteiger partial charge in [-0.2, -0.15) is 0 Å². The standard InChI is InChI=1S/C72H74N4.2C2H6.C2H2/c1-9-13-17-40-60(10-2)76-68(12-4)65(72(7,8)64-44-25-30-53(6)70(64)76)50-52(5)29-24-39-59-51-62(42-26-33-54-31-18-16-19-32-54)75(67(59)11-3)61-41-28-38-58(48-49-61)71-73-66-45-23-22-43-63(66)69(74-71)57-37-27-36-56(46-47-57)55-34-20-14-15-21-35-55;3*1-2/h9-10,12-25,27-28,30-31,33-34,36-47,49-50,57H,5,11,26,29,32,35,48,51H2,1-4,6-8H3;2*1-2H3;1-2H/b13-9-,39-24-,40-17-,54-33-,60-10+,62-42+,65-50+,68-12+;;;. The molecule has 0 amide bonds. The molecule has 0 saturated carbocycles. The lowest BCUT2D eigenvalue weighted by molar-refractivity contribution is 0.540. The number of benzene rings is 2. The first kappa shape index (κ1) is 62.7. The minimum absolute atomic E-state index is 0.00000738. The second-order valence-electron chi connectivity index (χ2n) is 20.5. The normalized spacial score (nSPS) is 20.3. The van der Waals surface area contributed by atoms with Crippen molar-refractivity contribution in [1.82, 2.24) is 14.9 Å². The Bertz CT molecular complexity index is 3470. The van der Waals surface area contributed by atoms with Gasteiger partial charge in [0.05, 0.1) is 16.9 Å². The number of aromatic nitrogens is 2. The Labute approximate surface area is 494 Å². The van der Waals surface area contributed by atoms with Crippen molar-refractivity contribution in [3.63, 3.8) is 0 Å². The maximum atomic E-state index is 5.40. The molecule has 1 aromatic heterocycles. The van der Waals surface area contributed by atoms with E-state index in [1.165, 1.54) is 67.5 Å². The van der Waals surface area contributed by atoms with Crippen molar-refractivity contribution in [2.45, 2.75) is 132 Å². The molecule has 6 aliphatic rings. The van der Waals surface area contributed by atoms with Crippen LogP contribution in [0.15, 0.2) is 287 Å². The van der Waals surface area contributed by atoms with Gasteiger partial charge in [0, 0.05) is 57.2 Å². The van der Waals surface area contributed by atoms with E-state index >= 15 is 0 Å². The lowest BCUT2D eigenvalue weighted by Crippen LogP contribution is -2.38. The van der Waals surface area contributed by atoms with Crippen molar-refractivity contribution in [3.05, 3.63) is 310 Å². The molecular formula is C78H88N4. The number of para-hydroxylation sites is 2. The fraction of sp³-hybridized carbons (Fsp3) is 0.256. The van der Waals surface area contributed by atoms with Gasteiger partial charge >= 0.3 is 0 Å². The molecule has 1 unspecified atom stereocenters. The maximum Gasteiger partial charge on any atom is 0.156 e. The molecule has 2 aromatic carbocycles. The number of rotatable bonds is 14. The highest BCUT2D eigenvalue weighted by atomic mass is 15.2. The van der Waals surface area contributed by atoms with Crippen molar-refractivity contribution in [2.75, 3.05) is 4.90 Å². The zero-order chi connectivity index (χ0) is 59.0. The van der Waals surface area contributed by atoms with Gasteiger partial charge in [-0.15, -0.1) is 12.8 Å². The SMILES string of the molecule is C#C.C=C(/C=C1\C(=C/C)N(C(/C=C\C=C/C)=C/C)c2c(C)cccc2C1(C)C)C/C=C\C1=C(CC)N(C2=CCC(c3nc(C4C=CC=C(C5=CC=CC=CC5)C=C4)c4ccccc4n3)=CC=C2)/C(=C/C/C=C2/C=CC=CC2)C1.CC.CC. The van der Waals surface area contributed by atoms with Crippen molar-refractivity contribution >= 4 is 22.2 Å². The summed E-state index contributed by atoms with van der Waals surface area (Å²) in [5.41, 5.74) is 20.4. The highest BCUT2D eigenvalue weighted by molar-refractivity contribution is 5.84. The molecule has 0 radical (unpaired) electrons. The molecule has 4 aliphatic carbocycles. The van der Waals surface area contributed by atoms with E-state index in [1.807, 2.05) is 27.7 Å². The zero-order valence-corrected chi connectivity index (χ0v) is 51.0. The van der Waals surface area contributed by atoms with Gasteiger partial charge in [0.1, 0.15) is 0 Å². The van der Waals surface area contributed by atoms with Crippen molar-refractivity contribution in [3.8, 4) is 12.8 Å². The number of hydrogen-bond donors (Lipinski definition) is 0. The second kappa shape index (κ2) is 31.5. The summed E-state index contributed by atoms with van der Waals surface area (Å²) in [6, 6.07) is 15.2. The average Bonchev–Trinajstić information content (AvgIpc) is 2.54. The quantitative estimate of drug-likeness (QED) is 0.119. The summed E-state index contributed by atoms with van der Waals surface area (Å²) >= 11 is 0. The maximum absolute atomic E-state index is 5.40. The van der Waals surface area contributed by atoms with Crippen molar-refractivity contribution < 1.29 is 0 Å². The molecule has 0 N–H and O–H groups in total. The topological polar surface area (TPSA) is 32.3 Å². The van der Waals surface area contributed by atoms with E-state index in [9.17, 15) is 0 Å². The summed E-state index contributed by atoms with van der Waals surface area (Å²) in [6.07, 6.45) is 78.5. The summed E-state index contributed by atoms with van der Waals surface area (Å²) in [5.74, 6) is 0.772. The summed E-state index contributed by atoms with van der Waals surface area (Å²) in [5, 5.41) is 1.08. The van der Waals surface area contributed by atoms with E-state index in [4.69, 9.17) is 16.5 Å². The summed E-state index contributed by atoms with van der Waals surface area (Å²) < 4.78 is 0. The van der Waals surface area contributed by atoms with Gasteiger partial charge in [-0.05, 0) is 123 Å². The van der Waals surface area contributed by atoms with Gasteiger partial charge < -0.3 is 9.80 Å². The van der Waals surface area contributed by atoms with Gasteiger partial charge in [0.25, 0.3) is 0 Å². The molecule has 2 aliphatic heterocycles. The summed E-state index contributed by atoms with van der Waals surface area (Å²) in [6.45, 7) is 28.3. The first-order chi connectivity index (χ1) is 40.1. The predicted molar refractivity (Wildman–Crippen MR) is 359 cm³/mol. The Morgan fingerprint density at radius 3 is 2.33 bits per heavy atom. The monoisotopic (exact) mass is 1080 g/mol. The van der Waals surface area contributed by atoms with Crippen LogP contribution in [0.5, 0.6) is 0 Å². The van der Waals surface area contributed by atoms with E-state index in [-0.39, 0.29) is 11.3 Å². The van der Waals surface area contributed by atoms with Crippen LogP contribution in [0.25, 0.3) is 16.5 Å². The highest BCUT2D eigenvalue weighted by Gasteiger charge is 2.40. The van der Waals surface area contributed by atoms with Crippen LogP contribution >= 0.6 is 0 Å². The fourth-order valence-corrected chi connectivity index (χ4v) is 11.1. The molecule has 0 fully saturated rings. The molecule has 3 aromatic rings. The van der Waals surface area contributed by atoms with E-state index in [1.54, 1.807) is 0 Å². The smallest absolute Gasteiger partial charge is 0.156 e. The molecule has 3 heterocycles. The Hall–Kier alpha value is -8.52. The van der Waals surface area contributed by atoms with E-state index in [0.29, 0.717) is 6.42 Å². The van der Waals surface area contributed by atoms with E-state index < -0.39 is 0 Å². The molecule has 4 nitrogen and oxygen atoms in total. The first-order valence-electron chi connectivity index (χ1n) is 29.7. The zero-order valence-electron chi connectivity index (χ0n) is 51.0. The number of hydrogen-bond acceptors (Lipinski definition) is 4. The van der Waals surface area contributed by atoms with Crippen LogP contribution in [0.3, 0.4) is 0 Å². The average molecular weight is 1080 g/mol. The molecule has 0 bridgehead atoms. The molecule has 4 heteroatoms. The highest BCUT2D eigenvalue weighted by Crippen LogP contribution is 2.51. The first-order valence-corrected chi connectivity index (χ1v) is 29.7. The van der Waals surface area contributed by atoms with Crippen molar-refractivity contribution in [1.29, 1.82) is 0 Å². The van der Waals surface area contributed by atoms with Crippen LogP contribution in [0.1, 0.15) is 143 Å². The molecule has 82 heavy (non-hydrogen) atoms. The van der Waals surface area contributed by atoms with E-state index in [2.05, 4.69) is 290 Å². The van der Waals surface area contributed by atoms with Gasteiger partial charge in [-0.3, -0.25) is 0 Å². The van der Waals surface area contributed by atoms with Crippen LogP contribution in [0.4, 0.5) is 5.69 Å². The largest absolute Gasteiger partial charge is 0.318 e. The molecule has 9 rings (SSSR count). The number of aryl methyl sites for hydroxylation is 1. The third-order valence-electron chi connectivity index (χ3n) is 15.1. The van der Waals surface area contributed by atoms with Crippen LogP contribution in [-0.4, -0.2) is 14.9 Å². The van der Waals surface area contributed by atoms with Crippen LogP contribution in [0, 0.1) is 19.8 Å². The molecule has 0 saturated heterocycles. The lowest BCUT2D eigenvalue weighted by atomic mass is 9.70. The Morgan fingerprint density at radius 1 is 0.793 bits per heavy atom. The Morgan fingerprint density at radius 2 is 1.57 bits per heavy atom. The van der Waals surface area contributed by atoms with E-state index in [0.717, 1.165) is 77.8 Å². The lowest BCUT2D eigenvalue weighted by Gasteiger charge is -2.45. The van der Waals surface area contributed by atoms with Gasteiger partial charge in [-0.1, -0.05) is 261 Å². The second-order valence-corrected chi connectivity index (χ2v) is 20.5. The molecule has 0 spiro atoms. The number of nitrogens with zero attached hydrogens (tertiary/aromatic N) is 4. The van der Waals surface area contributed by atoms with Crippen LogP contribution in [0.2, 0.25) is 0 Å². The molecular weight excluding hydrogens is 993 g/mol. The Kier molecular flexibility index (Phi) is 24.1. The number of anilines is 1. The summed E-state index contributed by atoms with van der Waals surface area (Å²) in [7, 11) is 0. The minimum Gasteiger partial charge on any atom is -0.318 e. The van der Waals surface area contributed by atoms with Gasteiger partial charge in [-0.25, -0.2) is 9.97 Å². The predicted octanol–water partition coefficient (Wildman–Crippen LogP) is 21.3. The third-order valence-corrected chi connectivity index (χ3v) is 15.1. The van der Waals surface area contributed by atoms with Crippen LogP contribution in [-0.2, 0) is 5.41 Å². The third kappa shape index (κ3) is 14.9. The summed E-state index contributed by atoms with van der Waals surface area (Å²) in [4.78, 5) is 15.6.